The molecule has 7 nitrogen and oxygen atoms in total. The van der Waals surface area contributed by atoms with Crippen LogP contribution in [0.4, 0.5) is 19.3 Å². The van der Waals surface area contributed by atoms with Gasteiger partial charge in [-0.05, 0) is 66.0 Å². The van der Waals surface area contributed by atoms with Crippen LogP contribution in [-0.4, -0.2) is 22.7 Å². The van der Waals surface area contributed by atoms with Crippen LogP contribution >= 0.6 is 11.3 Å². The fourth-order valence-corrected chi connectivity index (χ4v) is 4.73. The molecule has 0 atom stereocenters. The van der Waals surface area contributed by atoms with Crippen molar-refractivity contribution >= 4 is 33.7 Å². The highest BCUT2D eigenvalue weighted by atomic mass is 32.2. The molecular formula is C20H24F2N3O4S2-. The van der Waals surface area contributed by atoms with Crippen molar-refractivity contribution in [2.75, 3.05) is 5.32 Å². The monoisotopic (exact) mass is 472 g/mol. The van der Waals surface area contributed by atoms with E-state index in [1.54, 1.807) is 13.8 Å². The minimum absolute atomic E-state index is 0.0444. The third-order valence-electron chi connectivity index (χ3n) is 4.61. The summed E-state index contributed by atoms with van der Waals surface area (Å²) in [6.07, 6.45) is 3.07. The van der Waals surface area contributed by atoms with Crippen LogP contribution in [0.2, 0.25) is 0 Å². The number of aliphatic hydroxyl groups is 1. The topological polar surface area (TPSA) is 101 Å². The third kappa shape index (κ3) is 5.98. The molecule has 2 N–H and O–H groups in total. The lowest BCUT2D eigenvalue weighted by Crippen LogP contribution is -2.14. The number of thiazole rings is 1. The van der Waals surface area contributed by atoms with Crippen molar-refractivity contribution in [1.29, 1.82) is 0 Å². The first-order valence-electron chi connectivity index (χ1n) is 9.71. The molecule has 3 rings (SSSR count). The number of alkyl halides is 2. The first-order chi connectivity index (χ1) is 14.5. The number of benzene rings is 1. The van der Waals surface area contributed by atoms with Crippen LogP contribution in [0.3, 0.4) is 0 Å². The Kier molecular flexibility index (Phi) is 6.97. The van der Waals surface area contributed by atoms with Crippen LogP contribution in [0.25, 0.3) is 0 Å². The Morgan fingerprint density at radius 1 is 1.39 bits per heavy atom. The van der Waals surface area contributed by atoms with E-state index in [0.29, 0.717) is 21.8 Å². The first kappa shape index (κ1) is 23.6. The third-order valence-corrected chi connectivity index (χ3v) is 7.18. The van der Waals surface area contributed by atoms with Crippen LogP contribution in [0, 0.1) is 0 Å². The predicted molar refractivity (Wildman–Crippen MR) is 114 cm³/mol. The van der Waals surface area contributed by atoms with E-state index >= 15 is 0 Å². The maximum Gasteiger partial charge on any atom is 0.387 e. The second-order valence-corrected chi connectivity index (χ2v) is 10.5. The zero-order chi connectivity index (χ0) is 22.9. The van der Waals surface area contributed by atoms with Gasteiger partial charge < -0.3 is 23.7 Å². The summed E-state index contributed by atoms with van der Waals surface area (Å²) in [6, 6.07) is 2.18. The molecule has 2 amide bonds. The molecule has 170 valence electrons. The van der Waals surface area contributed by atoms with Crippen molar-refractivity contribution in [2.24, 2.45) is 4.36 Å². The molecule has 1 aromatic heterocycles. The zero-order valence-electron chi connectivity index (χ0n) is 17.5. The number of anilines is 1. The number of hydrogen-bond acceptors (Lipinski definition) is 7. The SMILES string of the molecule is CC(C)c1cc(OC(F)F)cc(C2CC2)c1NC(=O)N=[S-](=O)c1cnc(C(C)(C)O)s1. The maximum atomic E-state index is 12.7. The minimum Gasteiger partial charge on any atom is -0.439 e. The highest BCUT2D eigenvalue weighted by molar-refractivity contribution is 7.78. The second-order valence-electron chi connectivity index (χ2n) is 8.10. The number of carbonyl (C=O) groups is 1. The van der Waals surface area contributed by atoms with Crippen LogP contribution in [0.1, 0.15) is 68.5 Å². The minimum atomic E-state index is -2.95. The summed E-state index contributed by atoms with van der Waals surface area (Å²) in [5.74, 6) is 0.0913. The van der Waals surface area contributed by atoms with Gasteiger partial charge >= 0.3 is 12.6 Å². The van der Waals surface area contributed by atoms with Gasteiger partial charge in [-0.1, -0.05) is 13.8 Å². The molecule has 31 heavy (non-hydrogen) atoms. The fraction of sp³-hybridized carbons (Fsp3) is 0.500. The summed E-state index contributed by atoms with van der Waals surface area (Å²) < 4.78 is 46.5. The molecule has 0 saturated heterocycles. The van der Waals surface area contributed by atoms with E-state index in [9.17, 15) is 22.9 Å². The molecule has 0 spiro atoms. The number of hydrogen-bond donors (Lipinski definition) is 2. The summed E-state index contributed by atoms with van der Waals surface area (Å²) in [4.78, 5) is 16.6. The molecule has 1 aliphatic carbocycles. The molecule has 1 saturated carbocycles. The maximum absolute atomic E-state index is 12.7. The van der Waals surface area contributed by atoms with Crippen molar-refractivity contribution in [3.8, 4) is 5.75 Å². The lowest BCUT2D eigenvalue weighted by atomic mass is 9.95. The van der Waals surface area contributed by atoms with Gasteiger partial charge in [-0.2, -0.15) is 8.78 Å². The molecular weight excluding hydrogens is 448 g/mol. The van der Waals surface area contributed by atoms with E-state index < -0.39 is 28.8 Å². The lowest BCUT2D eigenvalue weighted by molar-refractivity contribution is -0.0499. The average Bonchev–Trinajstić information content (AvgIpc) is 3.35. The Morgan fingerprint density at radius 2 is 2.06 bits per heavy atom. The van der Waals surface area contributed by atoms with E-state index in [2.05, 4.69) is 19.4 Å². The van der Waals surface area contributed by atoms with Gasteiger partial charge in [0.15, 0.2) is 0 Å². The number of halogens is 2. The molecule has 0 aliphatic heterocycles. The number of ether oxygens (including phenoxy) is 1. The summed E-state index contributed by atoms with van der Waals surface area (Å²) in [7, 11) is -2.00. The molecule has 1 aliphatic rings. The summed E-state index contributed by atoms with van der Waals surface area (Å²) in [5.41, 5.74) is 0.643. The molecule has 0 unspecified atom stereocenters. The number of nitrogens with zero attached hydrogens (tertiary/aromatic N) is 2. The van der Waals surface area contributed by atoms with E-state index in [1.165, 1.54) is 18.3 Å². The van der Waals surface area contributed by atoms with Gasteiger partial charge in [-0.15, -0.1) is 21.9 Å². The second kappa shape index (κ2) is 9.17. The molecule has 0 radical (unpaired) electrons. The van der Waals surface area contributed by atoms with Crippen LogP contribution in [-0.2, 0) is 20.4 Å². The smallest absolute Gasteiger partial charge is 0.387 e. The van der Waals surface area contributed by atoms with Crippen molar-refractivity contribution in [1.82, 2.24) is 4.98 Å². The lowest BCUT2D eigenvalue weighted by Gasteiger charge is -2.20. The summed E-state index contributed by atoms with van der Waals surface area (Å²) >= 11 is 1.01. The number of aromatic nitrogens is 1. The summed E-state index contributed by atoms with van der Waals surface area (Å²) in [5, 5.41) is 13.0. The van der Waals surface area contributed by atoms with Gasteiger partial charge in [-0.3, -0.25) is 0 Å². The van der Waals surface area contributed by atoms with E-state index in [4.69, 9.17) is 0 Å². The number of urea groups is 1. The van der Waals surface area contributed by atoms with Crippen LogP contribution < -0.4 is 10.1 Å². The molecule has 2 aromatic rings. The van der Waals surface area contributed by atoms with Gasteiger partial charge in [0.25, 0.3) is 0 Å². The van der Waals surface area contributed by atoms with E-state index in [-0.39, 0.29) is 21.8 Å². The van der Waals surface area contributed by atoms with E-state index in [1.807, 2.05) is 13.8 Å². The Bertz CT molecular complexity index is 1030. The largest absolute Gasteiger partial charge is 0.439 e. The zero-order valence-corrected chi connectivity index (χ0v) is 19.2. The number of nitrogens with one attached hydrogen (secondary N) is 1. The highest BCUT2D eigenvalue weighted by Gasteiger charge is 2.29. The normalized spacial score (nSPS) is 15.5. The average molecular weight is 473 g/mol. The first-order valence-corrected chi connectivity index (χ1v) is 11.6. The number of rotatable bonds is 7. The van der Waals surface area contributed by atoms with Gasteiger partial charge in [0.1, 0.15) is 16.4 Å². The molecule has 11 heteroatoms. The van der Waals surface area contributed by atoms with Gasteiger partial charge in [0.05, 0.1) is 0 Å². The van der Waals surface area contributed by atoms with Gasteiger partial charge in [0, 0.05) is 11.9 Å². The highest BCUT2D eigenvalue weighted by Crippen LogP contribution is 2.47. The van der Waals surface area contributed by atoms with Gasteiger partial charge in [0.2, 0.25) is 0 Å². The molecule has 0 bridgehead atoms. The van der Waals surface area contributed by atoms with Crippen LogP contribution in [0.5, 0.6) is 5.75 Å². The molecule has 1 fully saturated rings. The molecule has 1 aromatic carbocycles. The predicted octanol–water partition coefficient (Wildman–Crippen LogP) is 5.71. The quantitative estimate of drug-likeness (QED) is 0.503. The number of amides is 2. The standard InChI is InChI=1S/C20H24F2N3O4S2/c1-10(2)13-7-12(29-18(21)22)8-14(11-5-6-11)16(13)24-19(26)25-31(28)15-9-23-17(30-15)20(3,4)27/h7-11,18,27H,5-6H2,1-4H3,(H,24,26)/q-1. The Hall–Kier alpha value is -2.11. The van der Waals surface area contributed by atoms with Crippen molar-refractivity contribution in [3.63, 3.8) is 0 Å². The molecule has 1 heterocycles. The summed E-state index contributed by atoms with van der Waals surface area (Å²) in [6.45, 7) is 3.91. The van der Waals surface area contributed by atoms with E-state index in [0.717, 1.165) is 24.2 Å². The Morgan fingerprint density at radius 3 is 2.58 bits per heavy atom. The van der Waals surface area contributed by atoms with Crippen LogP contribution in [0.15, 0.2) is 26.9 Å². The Balaban J connectivity index is 1.90. The van der Waals surface area contributed by atoms with Crippen molar-refractivity contribution in [3.05, 3.63) is 34.5 Å². The Labute approximate surface area is 185 Å². The van der Waals surface area contributed by atoms with Crippen molar-refractivity contribution < 1.29 is 27.6 Å². The van der Waals surface area contributed by atoms with Gasteiger partial charge in [-0.25, -0.2) is 9.78 Å². The van der Waals surface area contributed by atoms with Crippen molar-refractivity contribution in [2.45, 2.75) is 68.8 Å². The number of carbonyl (C=O) groups excluding carboxylic acids is 1. The fourth-order valence-electron chi connectivity index (χ4n) is 3.02.